The van der Waals surface area contributed by atoms with Crippen LogP contribution in [0.25, 0.3) is 0 Å². The molecule has 0 bridgehead atoms. The van der Waals surface area contributed by atoms with E-state index in [2.05, 4.69) is 20.7 Å². The number of hydrogen-bond donors (Lipinski definition) is 2. The molecule has 2 aromatic rings. The number of nitrogens with one attached hydrogen (secondary N) is 2. The first-order valence-corrected chi connectivity index (χ1v) is 14.2. The zero-order valence-electron chi connectivity index (χ0n) is 24.0. The standard InChI is InChI=1S/C30H44FN5O3/c1-20(37)35(5)25-12-13-26(32-29(38)33-28-17-27(39-34-28)30(2,3)4)23(16-25)19-36-14-6-7-22(18-36)15-21-8-10-24(31)11-9-21/h8-11,17,22-23,25-26H,6-7,12-16,18-19H2,1-5H3,(H2,32,33,34,38)/t22-,23-,25+,26?/m0/s1. The topological polar surface area (TPSA) is 90.7 Å². The number of amides is 3. The molecule has 2 heterocycles. The Morgan fingerprint density at radius 2 is 1.92 bits per heavy atom. The van der Waals surface area contributed by atoms with E-state index in [1.54, 1.807) is 13.0 Å². The van der Waals surface area contributed by atoms with Gasteiger partial charge in [-0.05, 0) is 74.6 Å². The Bertz CT molecular complexity index is 1110. The molecular formula is C30H44FN5O3. The van der Waals surface area contributed by atoms with E-state index >= 15 is 0 Å². The van der Waals surface area contributed by atoms with Gasteiger partial charge in [0.15, 0.2) is 5.82 Å². The number of anilines is 1. The van der Waals surface area contributed by atoms with Crippen molar-refractivity contribution in [3.8, 4) is 0 Å². The van der Waals surface area contributed by atoms with Crippen LogP contribution in [0.2, 0.25) is 0 Å². The van der Waals surface area contributed by atoms with Crippen LogP contribution in [0.1, 0.15) is 71.1 Å². The van der Waals surface area contributed by atoms with Crippen LogP contribution in [0.3, 0.4) is 0 Å². The number of likely N-dealkylation sites (tertiary alicyclic amines) is 1. The number of hydrogen-bond acceptors (Lipinski definition) is 5. The van der Waals surface area contributed by atoms with Crippen LogP contribution < -0.4 is 10.6 Å². The summed E-state index contributed by atoms with van der Waals surface area (Å²) in [7, 11) is 1.88. The molecule has 1 unspecified atom stereocenters. The first-order chi connectivity index (χ1) is 18.5. The quantitative estimate of drug-likeness (QED) is 0.503. The summed E-state index contributed by atoms with van der Waals surface area (Å²) in [5.74, 6) is 1.71. The molecule has 2 N–H and O–H groups in total. The van der Waals surface area contributed by atoms with Gasteiger partial charge in [0.25, 0.3) is 0 Å². The van der Waals surface area contributed by atoms with Crippen molar-refractivity contribution >= 4 is 17.8 Å². The fourth-order valence-electron chi connectivity index (χ4n) is 6.02. The summed E-state index contributed by atoms with van der Waals surface area (Å²) < 4.78 is 18.8. The van der Waals surface area contributed by atoms with Gasteiger partial charge in [-0.25, -0.2) is 9.18 Å². The van der Waals surface area contributed by atoms with Crippen molar-refractivity contribution in [2.75, 3.05) is 32.0 Å². The number of nitrogens with zero attached hydrogens (tertiary/aromatic N) is 3. The molecular weight excluding hydrogens is 497 g/mol. The molecule has 2 fully saturated rings. The first kappa shape index (κ1) is 29.1. The maximum atomic E-state index is 13.3. The average Bonchev–Trinajstić information content (AvgIpc) is 3.35. The maximum absolute atomic E-state index is 13.3. The Hall–Kier alpha value is -2.94. The number of rotatable bonds is 7. The molecule has 1 saturated heterocycles. The third-order valence-electron chi connectivity index (χ3n) is 8.34. The van der Waals surface area contributed by atoms with E-state index in [0.717, 1.165) is 58.2 Å². The van der Waals surface area contributed by atoms with E-state index in [1.165, 1.54) is 17.7 Å². The second-order valence-electron chi connectivity index (χ2n) is 12.5. The Kier molecular flexibility index (Phi) is 9.31. The second-order valence-corrected chi connectivity index (χ2v) is 12.5. The van der Waals surface area contributed by atoms with Crippen LogP contribution in [0.15, 0.2) is 34.9 Å². The normalized spacial score (nSPS) is 24.3. The zero-order valence-corrected chi connectivity index (χ0v) is 24.0. The molecule has 214 valence electrons. The molecule has 1 aliphatic carbocycles. The molecule has 39 heavy (non-hydrogen) atoms. The minimum absolute atomic E-state index is 0.00642. The third-order valence-corrected chi connectivity index (χ3v) is 8.34. The molecule has 0 radical (unpaired) electrons. The number of aromatic nitrogens is 1. The highest BCUT2D eigenvalue weighted by molar-refractivity contribution is 5.88. The van der Waals surface area contributed by atoms with Crippen molar-refractivity contribution in [2.24, 2.45) is 11.8 Å². The summed E-state index contributed by atoms with van der Waals surface area (Å²) in [6.07, 6.45) is 5.72. The molecule has 3 amide bonds. The number of urea groups is 1. The van der Waals surface area contributed by atoms with Gasteiger partial charge in [-0.2, -0.15) is 0 Å². The van der Waals surface area contributed by atoms with E-state index < -0.39 is 0 Å². The van der Waals surface area contributed by atoms with Gasteiger partial charge in [0.2, 0.25) is 5.91 Å². The molecule has 1 aromatic heterocycles. The molecule has 8 nitrogen and oxygen atoms in total. The number of halogens is 1. The van der Waals surface area contributed by atoms with Crippen LogP contribution in [0, 0.1) is 17.7 Å². The van der Waals surface area contributed by atoms with E-state index in [0.29, 0.717) is 17.5 Å². The average molecular weight is 542 g/mol. The summed E-state index contributed by atoms with van der Waals surface area (Å²) in [5.41, 5.74) is 0.973. The summed E-state index contributed by atoms with van der Waals surface area (Å²) in [5, 5.41) is 10.0. The van der Waals surface area contributed by atoms with Crippen LogP contribution in [0.4, 0.5) is 15.0 Å². The van der Waals surface area contributed by atoms with Gasteiger partial charge in [0, 0.05) is 50.6 Å². The smallest absolute Gasteiger partial charge is 0.320 e. The van der Waals surface area contributed by atoms with Crippen molar-refractivity contribution in [1.82, 2.24) is 20.3 Å². The van der Waals surface area contributed by atoms with Crippen molar-refractivity contribution in [1.29, 1.82) is 0 Å². The van der Waals surface area contributed by atoms with Crippen molar-refractivity contribution in [3.63, 3.8) is 0 Å². The fourth-order valence-corrected chi connectivity index (χ4v) is 6.02. The van der Waals surface area contributed by atoms with Gasteiger partial charge >= 0.3 is 6.03 Å². The van der Waals surface area contributed by atoms with E-state index in [4.69, 9.17) is 4.52 Å². The summed E-state index contributed by atoms with van der Waals surface area (Å²) in [4.78, 5) is 29.4. The van der Waals surface area contributed by atoms with Crippen molar-refractivity contribution in [3.05, 3.63) is 47.5 Å². The SMILES string of the molecule is CC(=O)N(C)[C@@H]1CCC(NC(=O)Nc2cc(C(C)(C)C)on2)[C@H](CN2CCC[C@@H](Cc3ccc(F)cc3)C2)C1. The lowest BCUT2D eigenvalue weighted by Gasteiger charge is -2.43. The van der Waals surface area contributed by atoms with Crippen LogP contribution in [-0.2, 0) is 16.6 Å². The van der Waals surface area contributed by atoms with Crippen LogP contribution in [-0.4, -0.2) is 65.7 Å². The lowest BCUT2D eigenvalue weighted by molar-refractivity contribution is -0.130. The monoisotopic (exact) mass is 541 g/mol. The molecule has 4 rings (SSSR count). The molecule has 2 aliphatic rings. The largest absolute Gasteiger partial charge is 0.359 e. The summed E-state index contributed by atoms with van der Waals surface area (Å²) in [6.45, 7) is 10.6. The molecule has 4 atom stereocenters. The van der Waals surface area contributed by atoms with E-state index in [-0.39, 0.29) is 41.2 Å². The predicted molar refractivity (Wildman–Crippen MR) is 150 cm³/mol. The molecule has 1 saturated carbocycles. The number of carbonyl (C=O) groups is 2. The highest BCUT2D eigenvalue weighted by Gasteiger charge is 2.36. The van der Waals surface area contributed by atoms with Gasteiger partial charge < -0.3 is 19.6 Å². The molecule has 1 aliphatic heterocycles. The zero-order chi connectivity index (χ0) is 28.2. The molecule has 1 aromatic carbocycles. The Morgan fingerprint density at radius 1 is 1.18 bits per heavy atom. The van der Waals surface area contributed by atoms with Gasteiger partial charge in [-0.1, -0.05) is 38.1 Å². The van der Waals surface area contributed by atoms with Gasteiger partial charge in [0.1, 0.15) is 11.6 Å². The first-order valence-electron chi connectivity index (χ1n) is 14.2. The van der Waals surface area contributed by atoms with Crippen LogP contribution in [0.5, 0.6) is 0 Å². The highest BCUT2D eigenvalue weighted by atomic mass is 19.1. The predicted octanol–water partition coefficient (Wildman–Crippen LogP) is 5.20. The van der Waals surface area contributed by atoms with Gasteiger partial charge in [0.05, 0.1) is 0 Å². The highest BCUT2D eigenvalue weighted by Crippen LogP contribution is 2.31. The Morgan fingerprint density at radius 3 is 2.59 bits per heavy atom. The van der Waals surface area contributed by atoms with Crippen molar-refractivity contribution in [2.45, 2.75) is 83.7 Å². The van der Waals surface area contributed by atoms with Gasteiger partial charge in [-0.15, -0.1) is 0 Å². The third kappa shape index (κ3) is 8.03. The number of piperidine rings is 1. The minimum atomic E-state index is -0.287. The lowest BCUT2D eigenvalue weighted by Crippen LogP contribution is -2.53. The number of benzene rings is 1. The van der Waals surface area contributed by atoms with Crippen molar-refractivity contribution < 1.29 is 18.5 Å². The molecule has 9 heteroatoms. The summed E-state index contributed by atoms with van der Waals surface area (Å²) in [6, 6.07) is 8.48. The molecule has 0 spiro atoms. The minimum Gasteiger partial charge on any atom is -0.359 e. The van der Waals surface area contributed by atoms with Gasteiger partial charge in [-0.3, -0.25) is 10.1 Å². The second kappa shape index (κ2) is 12.5. The van der Waals surface area contributed by atoms with E-state index in [1.807, 2.05) is 44.9 Å². The Labute approximate surface area is 231 Å². The lowest BCUT2D eigenvalue weighted by atomic mass is 9.80. The number of carbonyl (C=O) groups excluding carboxylic acids is 2. The van der Waals surface area contributed by atoms with Crippen LogP contribution >= 0.6 is 0 Å². The fraction of sp³-hybridized carbons (Fsp3) is 0.633. The van der Waals surface area contributed by atoms with E-state index in [9.17, 15) is 14.0 Å². The Balaban J connectivity index is 1.39. The maximum Gasteiger partial charge on any atom is 0.320 e. The summed E-state index contributed by atoms with van der Waals surface area (Å²) >= 11 is 0.